The fourth-order valence-electron chi connectivity index (χ4n) is 3.11. The van der Waals surface area contributed by atoms with Crippen LogP contribution >= 0.6 is 0 Å². The second-order valence-electron chi connectivity index (χ2n) is 7.27. The lowest BCUT2D eigenvalue weighted by molar-refractivity contribution is -0.136. The first-order valence-corrected chi connectivity index (χ1v) is 10.9. The Labute approximate surface area is 203 Å². The first-order chi connectivity index (χ1) is 17.0. The second kappa shape index (κ2) is 12.5. The Morgan fingerprint density at radius 1 is 0.886 bits per heavy atom. The van der Waals surface area contributed by atoms with Gasteiger partial charge in [-0.1, -0.05) is 49.4 Å². The standard InChI is InChI=1S/C26H26N4O5/c1-3-19-10-4-5-12-21(19)28-24(31)17-35-20-11-8-9-18(15-20)16-27-30-26(33)25(32)29-22-13-6-7-14-23(22)34-2/h4-16H,3,17H2,1-2H3,(H,28,31)(H,29,32)(H,30,33)/b27-16-. The first kappa shape index (κ1) is 25.0. The number of nitrogens with zero attached hydrogens (tertiary/aromatic N) is 1. The van der Waals surface area contributed by atoms with Crippen LogP contribution in [0.4, 0.5) is 11.4 Å². The molecule has 0 heterocycles. The number of benzene rings is 3. The zero-order valence-electron chi connectivity index (χ0n) is 19.4. The highest BCUT2D eigenvalue weighted by Gasteiger charge is 2.15. The molecule has 0 spiro atoms. The summed E-state index contributed by atoms with van der Waals surface area (Å²) in [6.07, 6.45) is 2.16. The van der Waals surface area contributed by atoms with Crippen molar-refractivity contribution in [2.45, 2.75) is 13.3 Å². The molecular formula is C26H26N4O5. The van der Waals surface area contributed by atoms with Crippen LogP contribution in [0, 0.1) is 0 Å². The van der Waals surface area contributed by atoms with Gasteiger partial charge in [-0.15, -0.1) is 0 Å². The number of aryl methyl sites for hydroxylation is 1. The summed E-state index contributed by atoms with van der Waals surface area (Å²) < 4.78 is 10.7. The van der Waals surface area contributed by atoms with E-state index in [9.17, 15) is 14.4 Å². The largest absolute Gasteiger partial charge is 0.495 e. The number of hydrogen-bond acceptors (Lipinski definition) is 6. The minimum atomic E-state index is -0.941. The summed E-state index contributed by atoms with van der Waals surface area (Å²) in [7, 11) is 1.46. The fourth-order valence-corrected chi connectivity index (χ4v) is 3.11. The summed E-state index contributed by atoms with van der Waals surface area (Å²) in [6, 6.07) is 21.1. The van der Waals surface area contributed by atoms with Gasteiger partial charge < -0.3 is 20.1 Å². The highest BCUT2D eigenvalue weighted by atomic mass is 16.5. The number of hydrogen-bond donors (Lipinski definition) is 3. The van der Waals surface area contributed by atoms with Gasteiger partial charge in [-0.05, 0) is 47.9 Å². The van der Waals surface area contributed by atoms with Gasteiger partial charge in [0.2, 0.25) is 0 Å². The topological polar surface area (TPSA) is 118 Å². The Hall–Kier alpha value is -4.66. The quantitative estimate of drug-likeness (QED) is 0.250. The van der Waals surface area contributed by atoms with Crippen LogP contribution in [-0.4, -0.2) is 37.7 Å². The highest BCUT2D eigenvalue weighted by molar-refractivity contribution is 6.39. The van der Waals surface area contributed by atoms with Crippen LogP contribution in [0.25, 0.3) is 0 Å². The van der Waals surface area contributed by atoms with Crippen molar-refractivity contribution in [3.05, 3.63) is 83.9 Å². The number of rotatable bonds is 9. The molecule has 35 heavy (non-hydrogen) atoms. The number of anilines is 2. The molecular weight excluding hydrogens is 448 g/mol. The highest BCUT2D eigenvalue weighted by Crippen LogP contribution is 2.22. The fraction of sp³-hybridized carbons (Fsp3) is 0.154. The minimum absolute atomic E-state index is 0.168. The number of carbonyl (C=O) groups excluding carboxylic acids is 3. The number of carbonyl (C=O) groups is 3. The van der Waals surface area contributed by atoms with Crippen molar-refractivity contribution in [1.82, 2.24) is 5.43 Å². The van der Waals surface area contributed by atoms with Gasteiger partial charge in [0.05, 0.1) is 19.0 Å². The van der Waals surface area contributed by atoms with Crippen LogP contribution in [0.3, 0.4) is 0 Å². The van der Waals surface area contributed by atoms with E-state index in [2.05, 4.69) is 21.2 Å². The molecule has 3 N–H and O–H groups in total. The molecule has 0 fully saturated rings. The summed E-state index contributed by atoms with van der Waals surface area (Å²) >= 11 is 0. The molecule has 0 aliphatic heterocycles. The summed E-state index contributed by atoms with van der Waals surface area (Å²) in [5, 5.41) is 9.11. The van der Waals surface area contributed by atoms with Crippen LogP contribution in [0.5, 0.6) is 11.5 Å². The van der Waals surface area contributed by atoms with Crippen LogP contribution in [0.1, 0.15) is 18.1 Å². The summed E-state index contributed by atoms with van der Waals surface area (Å²) in [6.45, 7) is 1.85. The van der Waals surface area contributed by atoms with Crippen molar-refractivity contribution in [1.29, 1.82) is 0 Å². The van der Waals surface area contributed by atoms with Crippen LogP contribution in [-0.2, 0) is 20.8 Å². The zero-order chi connectivity index (χ0) is 25.0. The van der Waals surface area contributed by atoms with E-state index in [0.717, 1.165) is 17.7 Å². The molecule has 180 valence electrons. The zero-order valence-corrected chi connectivity index (χ0v) is 19.4. The van der Waals surface area contributed by atoms with Crippen LogP contribution < -0.4 is 25.5 Å². The molecule has 9 heteroatoms. The smallest absolute Gasteiger partial charge is 0.329 e. The second-order valence-corrected chi connectivity index (χ2v) is 7.27. The van der Waals surface area contributed by atoms with E-state index in [1.165, 1.54) is 13.3 Å². The lowest BCUT2D eigenvalue weighted by atomic mass is 10.1. The molecule has 9 nitrogen and oxygen atoms in total. The molecule has 3 aromatic carbocycles. The van der Waals surface area contributed by atoms with Gasteiger partial charge in [0.25, 0.3) is 5.91 Å². The third-order valence-electron chi connectivity index (χ3n) is 4.84. The lowest BCUT2D eigenvalue weighted by Crippen LogP contribution is -2.32. The van der Waals surface area contributed by atoms with Crippen LogP contribution in [0.2, 0.25) is 0 Å². The molecule has 0 saturated heterocycles. The van der Waals surface area contributed by atoms with Gasteiger partial charge in [0.1, 0.15) is 11.5 Å². The van der Waals surface area contributed by atoms with E-state index in [-0.39, 0.29) is 12.5 Å². The van der Waals surface area contributed by atoms with Gasteiger partial charge in [-0.2, -0.15) is 5.10 Å². The lowest BCUT2D eigenvalue weighted by Gasteiger charge is -2.11. The number of para-hydroxylation sites is 3. The number of hydrazone groups is 1. The van der Waals surface area contributed by atoms with Gasteiger partial charge in [-0.3, -0.25) is 14.4 Å². The molecule has 3 aromatic rings. The third-order valence-corrected chi connectivity index (χ3v) is 4.84. The van der Waals surface area contributed by atoms with E-state index in [0.29, 0.717) is 22.7 Å². The molecule has 0 aliphatic carbocycles. The number of nitrogens with one attached hydrogen (secondary N) is 3. The van der Waals surface area contributed by atoms with Crippen molar-refractivity contribution >= 4 is 35.3 Å². The van der Waals surface area contributed by atoms with Crippen molar-refractivity contribution in [3.8, 4) is 11.5 Å². The average Bonchev–Trinajstić information content (AvgIpc) is 2.88. The maximum absolute atomic E-state index is 12.3. The van der Waals surface area contributed by atoms with Crippen molar-refractivity contribution in [2.24, 2.45) is 5.10 Å². The van der Waals surface area contributed by atoms with E-state index in [4.69, 9.17) is 9.47 Å². The van der Waals surface area contributed by atoms with Gasteiger partial charge in [0.15, 0.2) is 6.61 Å². The van der Waals surface area contributed by atoms with E-state index >= 15 is 0 Å². The Morgan fingerprint density at radius 3 is 2.40 bits per heavy atom. The molecule has 3 rings (SSSR count). The minimum Gasteiger partial charge on any atom is -0.495 e. The molecule has 0 aromatic heterocycles. The summed E-state index contributed by atoms with van der Waals surface area (Å²) in [5.74, 6) is -1.23. The molecule has 0 radical (unpaired) electrons. The number of amides is 3. The van der Waals surface area contributed by atoms with Crippen molar-refractivity contribution in [3.63, 3.8) is 0 Å². The van der Waals surface area contributed by atoms with Gasteiger partial charge in [-0.25, -0.2) is 5.43 Å². The molecule has 0 unspecified atom stereocenters. The normalized spacial score (nSPS) is 10.5. The predicted octanol–water partition coefficient (Wildman–Crippen LogP) is 3.36. The SMILES string of the molecule is CCc1ccccc1NC(=O)COc1cccc(/C=N\NC(=O)C(=O)Nc2ccccc2OC)c1. The number of ether oxygens (including phenoxy) is 2. The molecule has 0 saturated carbocycles. The Kier molecular flexibility index (Phi) is 8.95. The molecule has 0 atom stereocenters. The third kappa shape index (κ3) is 7.43. The van der Waals surface area contributed by atoms with E-state index in [1.54, 1.807) is 48.5 Å². The van der Waals surface area contributed by atoms with Crippen molar-refractivity contribution in [2.75, 3.05) is 24.4 Å². The Balaban J connectivity index is 1.50. The average molecular weight is 475 g/mol. The maximum Gasteiger partial charge on any atom is 0.329 e. The maximum atomic E-state index is 12.3. The predicted molar refractivity (Wildman–Crippen MR) is 134 cm³/mol. The molecule has 0 bridgehead atoms. The van der Waals surface area contributed by atoms with Gasteiger partial charge >= 0.3 is 11.8 Å². The number of methoxy groups -OCH3 is 1. The Bertz CT molecular complexity index is 1230. The van der Waals surface area contributed by atoms with Crippen LogP contribution in [0.15, 0.2) is 77.9 Å². The Morgan fingerprint density at radius 2 is 1.63 bits per heavy atom. The van der Waals surface area contributed by atoms with E-state index in [1.807, 2.05) is 31.2 Å². The summed E-state index contributed by atoms with van der Waals surface area (Å²) in [5.41, 5.74) is 4.94. The molecule has 3 amide bonds. The monoisotopic (exact) mass is 474 g/mol. The van der Waals surface area contributed by atoms with Crippen molar-refractivity contribution < 1.29 is 23.9 Å². The molecule has 0 aliphatic rings. The van der Waals surface area contributed by atoms with E-state index < -0.39 is 11.8 Å². The summed E-state index contributed by atoms with van der Waals surface area (Å²) in [4.78, 5) is 36.4. The van der Waals surface area contributed by atoms with Gasteiger partial charge in [0, 0.05) is 5.69 Å². The first-order valence-electron chi connectivity index (χ1n) is 10.9.